The molecule has 0 radical (unpaired) electrons. The van der Waals surface area contributed by atoms with Crippen LogP contribution in [-0.2, 0) is 17.6 Å². The average Bonchev–Trinajstić information content (AvgIpc) is 2.64. The van der Waals surface area contributed by atoms with Crippen LogP contribution < -0.4 is 10.5 Å². The van der Waals surface area contributed by atoms with E-state index in [4.69, 9.17) is 22.1 Å². The fraction of sp³-hybridized carbons (Fsp3) is 0.217. The molecule has 0 fully saturated rings. The summed E-state index contributed by atoms with van der Waals surface area (Å²) in [6.07, 6.45) is 2.44. The Balaban J connectivity index is 1.69. The molecular formula is C23H23ClN2O2. The summed E-state index contributed by atoms with van der Waals surface area (Å²) in [5.74, 6) is 1.42. The summed E-state index contributed by atoms with van der Waals surface area (Å²) in [7, 11) is 0. The number of ether oxygens (including phenoxy) is 1. The number of nitrogen functional groups attached to an aromatic ring is 1. The number of carbonyl (C=O) groups is 1. The molecule has 0 aliphatic heterocycles. The van der Waals surface area contributed by atoms with Crippen molar-refractivity contribution in [2.24, 2.45) is 0 Å². The normalized spacial score (nSPS) is 10.7. The number of Topliss-reactive ketones (excluding diaryl/α,β-unsaturated/α-hetero) is 1. The molecule has 5 heteroatoms. The number of aryl methyl sites for hydroxylation is 3. The molecule has 0 saturated heterocycles. The van der Waals surface area contributed by atoms with E-state index >= 15 is 0 Å². The van der Waals surface area contributed by atoms with Crippen molar-refractivity contribution in [1.29, 1.82) is 0 Å². The van der Waals surface area contributed by atoms with Crippen molar-refractivity contribution >= 4 is 23.1 Å². The van der Waals surface area contributed by atoms with Crippen LogP contribution in [-0.4, -0.2) is 10.8 Å². The second kappa shape index (κ2) is 8.44. The van der Waals surface area contributed by atoms with Gasteiger partial charge in [-0.1, -0.05) is 29.8 Å². The molecule has 2 N–H and O–H groups in total. The summed E-state index contributed by atoms with van der Waals surface area (Å²) in [4.78, 5) is 16.6. The predicted molar refractivity (Wildman–Crippen MR) is 113 cm³/mol. The number of carbonyl (C=O) groups excluding carboxylic acids is 1. The number of benzene rings is 2. The molecule has 28 heavy (non-hydrogen) atoms. The third kappa shape index (κ3) is 4.70. The number of halogens is 1. The maximum absolute atomic E-state index is 12.5. The molecule has 3 aromatic rings. The number of anilines is 1. The number of ketones is 1. The maximum Gasteiger partial charge on any atom is 0.153 e. The van der Waals surface area contributed by atoms with E-state index in [2.05, 4.69) is 4.98 Å². The number of aromatic nitrogens is 1. The zero-order valence-corrected chi connectivity index (χ0v) is 17.0. The summed E-state index contributed by atoms with van der Waals surface area (Å²) in [6, 6.07) is 13.2. The summed E-state index contributed by atoms with van der Waals surface area (Å²) < 4.78 is 5.89. The predicted octanol–water partition coefficient (Wildman–Crippen LogP) is 5.39. The first kappa shape index (κ1) is 19.9. The molecule has 2 aromatic carbocycles. The van der Waals surface area contributed by atoms with Crippen molar-refractivity contribution in [2.75, 3.05) is 5.73 Å². The molecule has 0 saturated carbocycles. The van der Waals surface area contributed by atoms with Gasteiger partial charge in [0.25, 0.3) is 0 Å². The molecule has 0 spiro atoms. The van der Waals surface area contributed by atoms with Crippen LogP contribution in [0.1, 0.15) is 27.9 Å². The lowest BCUT2D eigenvalue weighted by molar-refractivity contribution is -0.117. The smallest absolute Gasteiger partial charge is 0.153 e. The molecule has 0 aliphatic carbocycles. The summed E-state index contributed by atoms with van der Waals surface area (Å²) in [5, 5.41) is 0.715. The van der Waals surface area contributed by atoms with Gasteiger partial charge in [-0.25, -0.2) is 0 Å². The SMILES string of the molecule is Cc1cc(CC(=O)Cc2ccc(Oc3ccnc(C)c3N)cc2C)ccc1Cl. The molecule has 1 aromatic heterocycles. The van der Waals surface area contributed by atoms with Gasteiger partial charge in [-0.2, -0.15) is 0 Å². The van der Waals surface area contributed by atoms with Gasteiger partial charge >= 0.3 is 0 Å². The average molecular weight is 395 g/mol. The fourth-order valence-corrected chi connectivity index (χ4v) is 3.14. The first-order chi connectivity index (χ1) is 13.3. The van der Waals surface area contributed by atoms with Crippen molar-refractivity contribution in [3.63, 3.8) is 0 Å². The van der Waals surface area contributed by atoms with Gasteiger partial charge in [0.2, 0.25) is 0 Å². The number of rotatable bonds is 6. The van der Waals surface area contributed by atoms with Crippen molar-refractivity contribution < 1.29 is 9.53 Å². The molecule has 144 valence electrons. The zero-order chi connectivity index (χ0) is 20.3. The third-order valence-electron chi connectivity index (χ3n) is 4.70. The number of pyridine rings is 1. The Morgan fingerprint density at radius 2 is 1.82 bits per heavy atom. The molecule has 0 aliphatic rings. The van der Waals surface area contributed by atoms with Crippen LogP contribution in [0, 0.1) is 20.8 Å². The minimum atomic E-state index is 0.160. The second-order valence-electron chi connectivity index (χ2n) is 6.97. The van der Waals surface area contributed by atoms with Crippen molar-refractivity contribution in [3.8, 4) is 11.5 Å². The number of nitrogens with zero attached hydrogens (tertiary/aromatic N) is 1. The zero-order valence-electron chi connectivity index (χ0n) is 16.3. The monoisotopic (exact) mass is 394 g/mol. The van der Waals surface area contributed by atoms with Gasteiger partial charge in [-0.15, -0.1) is 0 Å². The Labute approximate surface area is 170 Å². The van der Waals surface area contributed by atoms with E-state index in [9.17, 15) is 4.79 Å². The highest BCUT2D eigenvalue weighted by molar-refractivity contribution is 6.31. The van der Waals surface area contributed by atoms with Gasteiger partial charge in [0, 0.05) is 30.1 Å². The minimum Gasteiger partial charge on any atom is -0.455 e. The lowest BCUT2D eigenvalue weighted by atomic mass is 9.98. The Hall–Kier alpha value is -2.85. The third-order valence-corrected chi connectivity index (χ3v) is 5.13. The van der Waals surface area contributed by atoms with Gasteiger partial charge in [0.05, 0.1) is 11.4 Å². The summed E-state index contributed by atoms with van der Waals surface area (Å²) >= 11 is 6.05. The van der Waals surface area contributed by atoms with Crippen LogP contribution in [0.4, 0.5) is 5.69 Å². The highest BCUT2D eigenvalue weighted by Crippen LogP contribution is 2.29. The molecule has 3 rings (SSSR count). The summed E-state index contributed by atoms with van der Waals surface area (Å²) in [6.45, 7) is 5.75. The summed E-state index contributed by atoms with van der Waals surface area (Å²) in [5.41, 5.74) is 11.2. The second-order valence-corrected chi connectivity index (χ2v) is 7.38. The maximum atomic E-state index is 12.5. The first-order valence-electron chi connectivity index (χ1n) is 9.08. The van der Waals surface area contributed by atoms with Crippen molar-refractivity contribution in [2.45, 2.75) is 33.6 Å². The first-order valence-corrected chi connectivity index (χ1v) is 9.46. The van der Waals surface area contributed by atoms with E-state index < -0.39 is 0 Å². The molecule has 0 atom stereocenters. The van der Waals surface area contributed by atoms with Crippen LogP contribution in [0.3, 0.4) is 0 Å². The van der Waals surface area contributed by atoms with E-state index in [0.717, 1.165) is 27.9 Å². The van der Waals surface area contributed by atoms with Gasteiger partial charge in [-0.3, -0.25) is 9.78 Å². The quantitative estimate of drug-likeness (QED) is 0.608. The van der Waals surface area contributed by atoms with Crippen LogP contribution in [0.15, 0.2) is 48.7 Å². The van der Waals surface area contributed by atoms with Gasteiger partial charge in [0.15, 0.2) is 5.75 Å². The van der Waals surface area contributed by atoms with Crippen molar-refractivity contribution in [3.05, 3.63) is 81.6 Å². The van der Waals surface area contributed by atoms with Gasteiger partial charge < -0.3 is 10.5 Å². The molecule has 4 nitrogen and oxygen atoms in total. The van der Waals surface area contributed by atoms with Gasteiger partial charge in [-0.05, 0) is 61.2 Å². The van der Waals surface area contributed by atoms with Crippen LogP contribution in [0.5, 0.6) is 11.5 Å². The van der Waals surface area contributed by atoms with Crippen molar-refractivity contribution in [1.82, 2.24) is 4.98 Å². The van der Waals surface area contributed by atoms with E-state index in [0.29, 0.717) is 35.1 Å². The Kier molecular flexibility index (Phi) is 6.00. The van der Waals surface area contributed by atoms with E-state index in [1.807, 2.05) is 57.2 Å². The Bertz CT molecular complexity index is 1030. The molecular weight excluding hydrogens is 372 g/mol. The van der Waals surface area contributed by atoms with E-state index in [-0.39, 0.29) is 5.78 Å². The Morgan fingerprint density at radius 3 is 2.54 bits per heavy atom. The molecule has 0 amide bonds. The largest absolute Gasteiger partial charge is 0.455 e. The highest BCUT2D eigenvalue weighted by Gasteiger charge is 2.11. The van der Waals surface area contributed by atoms with Crippen LogP contribution in [0.2, 0.25) is 5.02 Å². The highest BCUT2D eigenvalue weighted by atomic mass is 35.5. The van der Waals surface area contributed by atoms with Gasteiger partial charge in [0.1, 0.15) is 11.5 Å². The molecule has 1 heterocycles. The lowest BCUT2D eigenvalue weighted by Crippen LogP contribution is -2.08. The standard InChI is InChI=1S/C23H23ClN2O2/c1-14-11-20(28-22-8-9-26-16(3)23(22)25)6-5-18(14)13-19(27)12-17-4-7-21(24)15(2)10-17/h4-11H,12-13,25H2,1-3H3. The number of hydrogen-bond acceptors (Lipinski definition) is 4. The Morgan fingerprint density at radius 1 is 1.04 bits per heavy atom. The van der Waals surface area contributed by atoms with E-state index in [1.165, 1.54) is 0 Å². The molecule has 0 unspecified atom stereocenters. The van der Waals surface area contributed by atoms with Crippen LogP contribution in [0.25, 0.3) is 0 Å². The van der Waals surface area contributed by atoms with Crippen LogP contribution >= 0.6 is 11.6 Å². The fourth-order valence-electron chi connectivity index (χ4n) is 3.02. The topological polar surface area (TPSA) is 65.2 Å². The molecule has 0 bridgehead atoms. The van der Waals surface area contributed by atoms with E-state index in [1.54, 1.807) is 12.3 Å². The lowest BCUT2D eigenvalue weighted by Gasteiger charge is -2.12. The minimum absolute atomic E-state index is 0.160. The number of nitrogens with two attached hydrogens (primary N) is 1. The number of hydrogen-bond donors (Lipinski definition) is 1.